The number of nitrogens with zero attached hydrogens (tertiary/aromatic N) is 1. The van der Waals surface area contributed by atoms with Crippen molar-refractivity contribution in [3.05, 3.63) is 11.0 Å². The van der Waals surface area contributed by atoms with Crippen LogP contribution in [-0.2, 0) is 4.65 Å². The van der Waals surface area contributed by atoms with Crippen LogP contribution in [0.15, 0.2) is 11.0 Å². The number of hydrogen-bond acceptors (Lipinski definition) is 2. The van der Waals surface area contributed by atoms with Crippen LogP contribution in [0.4, 0.5) is 0 Å². The van der Waals surface area contributed by atoms with Crippen molar-refractivity contribution in [3.8, 4) is 11.8 Å². The molecule has 20 heavy (non-hydrogen) atoms. The SMILES string of the molecule is CCCC#C/C(CC)=C1/CCOB1N(C(C)C)C(C)C. The number of rotatable bonds is 5. The molecule has 2 nitrogen and oxygen atoms in total. The Hall–Kier alpha value is -0.715. The average Bonchev–Trinajstić information content (AvgIpc) is 2.83. The van der Waals surface area contributed by atoms with E-state index in [1.807, 2.05) is 0 Å². The maximum atomic E-state index is 6.04. The van der Waals surface area contributed by atoms with Gasteiger partial charge in [-0.05, 0) is 42.4 Å². The normalized spacial score (nSPS) is 17.9. The van der Waals surface area contributed by atoms with Gasteiger partial charge in [-0.1, -0.05) is 53.4 Å². The summed E-state index contributed by atoms with van der Waals surface area (Å²) in [7, 11) is 0.126. The molecule has 1 fully saturated rings. The molecule has 0 radical (unpaired) electrons. The van der Waals surface area contributed by atoms with Crippen LogP contribution in [-0.4, -0.2) is 30.6 Å². The van der Waals surface area contributed by atoms with Crippen molar-refractivity contribution in [2.24, 2.45) is 0 Å². The van der Waals surface area contributed by atoms with Crippen molar-refractivity contribution in [3.63, 3.8) is 0 Å². The molecule has 0 atom stereocenters. The first kappa shape index (κ1) is 17.3. The first-order valence-corrected chi connectivity index (χ1v) is 8.12. The average molecular weight is 275 g/mol. The summed E-state index contributed by atoms with van der Waals surface area (Å²) in [4.78, 5) is 2.46. The van der Waals surface area contributed by atoms with Crippen molar-refractivity contribution in [2.75, 3.05) is 6.61 Å². The molecule has 112 valence electrons. The summed E-state index contributed by atoms with van der Waals surface area (Å²) < 4.78 is 6.04. The van der Waals surface area contributed by atoms with E-state index in [9.17, 15) is 0 Å². The third-order valence-electron chi connectivity index (χ3n) is 3.76. The van der Waals surface area contributed by atoms with Gasteiger partial charge in [-0.15, -0.1) is 0 Å². The predicted octanol–water partition coefficient (Wildman–Crippen LogP) is 4.06. The van der Waals surface area contributed by atoms with Crippen LogP contribution < -0.4 is 0 Å². The lowest BCUT2D eigenvalue weighted by atomic mass is 9.67. The molecule has 1 heterocycles. The molecule has 0 aliphatic carbocycles. The third kappa shape index (κ3) is 4.40. The van der Waals surface area contributed by atoms with E-state index >= 15 is 0 Å². The quantitative estimate of drug-likeness (QED) is 0.554. The summed E-state index contributed by atoms with van der Waals surface area (Å²) in [6.45, 7) is 14.2. The Labute approximate surface area is 126 Å². The first-order valence-electron chi connectivity index (χ1n) is 8.12. The molecule has 1 rings (SSSR count). The zero-order valence-corrected chi connectivity index (χ0v) is 14.1. The van der Waals surface area contributed by atoms with E-state index in [4.69, 9.17) is 4.65 Å². The Morgan fingerprint density at radius 3 is 2.40 bits per heavy atom. The van der Waals surface area contributed by atoms with Gasteiger partial charge in [0.1, 0.15) is 0 Å². The standard InChI is InChI=1S/C17H30BNO/c1-7-9-10-11-16(8-2)17-12-13-20-18(17)19(14(3)4)15(5)6/h14-15H,7-9,12-13H2,1-6H3/b17-16-. The molecular weight excluding hydrogens is 245 g/mol. The molecule has 0 saturated carbocycles. The molecule has 0 spiro atoms. The molecule has 1 aliphatic heterocycles. The first-order chi connectivity index (χ1) is 9.52. The molecule has 0 aromatic heterocycles. The fraction of sp³-hybridized carbons (Fsp3) is 0.765. The molecular formula is C17H30BNO. The highest BCUT2D eigenvalue weighted by Crippen LogP contribution is 2.27. The minimum Gasteiger partial charge on any atom is -0.417 e. The van der Waals surface area contributed by atoms with Gasteiger partial charge < -0.3 is 9.47 Å². The van der Waals surface area contributed by atoms with E-state index in [-0.39, 0.29) is 7.05 Å². The van der Waals surface area contributed by atoms with E-state index in [0.29, 0.717) is 12.1 Å². The Bertz CT molecular complexity index is 382. The monoisotopic (exact) mass is 275 g/mol. The van der Waals surface area contributed by atoms with Gasteiger partial charge >= 0.3 is 7.05 Å². The zero-order chi connectivity index (χ0) is 15.1. The summed E-state index contributed by atoms with van der Waals surface area (Å²) in [5.74, 6) is 6.70. The highest BCUT2D eigenvalue weighted by molar-refractivity contribution is 6.58. The summed E-state index contributed by atoms with van der Waals surface area (Å²) in [5.41, 5.74) is 2.71. The fourth-order valence-electron chi connectivity index (χ4n) is 2.90. The molecule has 0 bridgehead atoms. The van der Waals surface area contributed by atoms with E-state index < -0.39 is 0 Å². The van der Waals surface area contributed by atoms with Crippen LogP contribution in [0.25, 0.3) is 0 Å². The van der Waals surface area contributed by atoms with Gasteiger partial charge in [-0.3, -0.25) is 0 Å². The molecule has 1 aliphatic rings. The van der Waals surface area contributed by atoms with Gasteiger partial charge in [-0.2, -0.15) is 0 Å². The second kappa shape index (κ2) is 8.54. The van der Waals surface area contributed by atoms with Crippen LogP contribution in [0.5, 0.6) is 0 Å². The topological polar surface area (TPSA) is 12.5 Å². The maximum Gasteiger partial charge on any atom is 0.415 e. The fourth-order valence-corrected chi connectivity index (χ4v) is 2.90. The van der Waals surface area contributed by atoms with Gasteiger partial charge in [0, 0.05) is 13.0 Å². The second-order valence-electron chi connectivity index (χ2n) is 6.02. The Morgan fingerprint density at radius 1 is 1.25 bits per heavy atom. The van der Waals surface area contributed by atoms with Crippen molar-refractivity contribution >= 4 is 7.05 Å². The van der Waals surface area contributed by atoms with E-state index in [0.717, 1.165) is 32.3 Å². The van der Waals surface area contributed by atoms with Crippen LogP contribution in [0.3, 0.4) is 0 Å². The lowest BCUT2D eigenvalue weighted by Gasteiger charge is -2.34. The van der Waals surface area contributed by atoms with Gasteiger partial charge in [0.05, 0.1) is 0 Å². The van der Waals surface area contributed by atoms with E-state index in [1.165, 1.54) is 11.0 Å². The molecule has 1 saturated heterocycles. The third-order valence-corrected chi connectivity index (χ3v) is 3.76. The lowest BCUT2D eigenvalue weighted by Crippen LogP contribution is -2.49. The van der Waals surface area contributed by atoms with Crippen LogP contribution in [0, 0.1) is 11.8 Å². The summed E-state index contributed by atoms with van der Waals surface area (Å²) in [5, 5.41) is 0. The van der Waals surface area contributed by atoms with Gasteiger partial charge in [-0.25, -0.2) is 0 Å². The summed E-state index contributed by atoms with van der Waals surface area (Å²) >= 11 is 0. The predicted molar refractivity (Wildman–Crippen MR) is 88.4 cm³/mol. The van der Waals surface area contributed by atoms with E-state index in [2.05, 4.69) is 58.2 Å². The number of unbranched alkanes of at least 4 members (excludes halogenated alkanes) is 1. The molecule has 3 heteroatoms. The van der Waals surface area contributed by atoms with Crippen molar-refractivity contribution < 1.29 is 4.65 Å². The molecule has 0 N–H and O–H groups in total. The van der Waals surface area contributed by atoms with Gasteiger partial charge in [0.15, 0.2) is 0 Å². The van der Waals surface area contributed by atoms with Crippen molar-refractivity contribution in [1.82, 2.24) is 4.81 Å². The van der Waals surface area contributed by atoms with Gasteiger partial charge in [0.2, 0.25) is 0 Å². The zero-order valence-electron chi connectivity index (χ0n) is 14.1. The maximum absolute atomic E-state index is 6.04. The second-order valence-corrected chi connectivity index (χ2v) is 6.02. The molecule has 0 amide bonds. The highest BCUT2D eigenvalue weighted by atomic mass is 16.4. The van der Waals surface area contributed by atoms with Crippen LogP contribution in [0.2, 0.25) is 0 Å². The summed E-state index contributed by atoms with van der Waals surface area (Å²) in [6, 6.07) is 0.963. The minimum atomic E-state index is 0.126. The van der Waals surface area contributed by atoms with Crippen LogP contribution >= 0.6 is 0 Å². The minimum absolute atomic E-state index is 0.126. The Kier molecular flexibility index (Phi) is 7.41. The van der Waals surface area contributed by atoms with E-state index in [1.54, 1.807) is 0 Å². The number of allylic oxidation sites excluding steroid dienone is 1. The Morgan fingerprint density at radius 2 is 1.90 bits per heavy atom. The van der Waals surface area contributed by atoms with Crippen LogP contribution in [0.1, 0.15) is 67.2 Å². The molecule has 0 unspecified atom stereocenters. The smallest absolute Gasteiger partial charge is 0.415 e. The largest absolute Gasteiger partial charge is 0.417 e. The van der Waals surface area contributed by atoms with Crippen molar-refractivity contribution in [1.29, 1.82) is 0 Å². The molecule has 0 aromatic rings. The Balaban J connectivity index is 3.04. The molecule has 0 aromatic carbocycles. The summed E-state index contributed by atoms with van der Waals surface area (Å²) in [6.07, 6.45) is 4.16. The highest BCUT2D eigenvalue weighted by Gasteiger charge is 2.38. The van der Waals surface area contributed by atoms with Gasteiger partial charge in [0.25, 0.3) is 0 Å². The number of hydrogen-bond donors (Lipinski definition) is 0. The van der Waals surface area contributed by atoms with Crippen molar-refractivity contribution in [2.45, 2.75) is 79.3 Å². The lowest BCUT2D eigenvalue weighted by molar-refractivity contribution is 0.236.